The maximum Gasteiger partial charge on any atom is 0.336 e. The number of nitro groups is 1. The summed E-state index contributed by atoms with van der Waals surface area (Å²) in [6.45, 7) is 0. The van der Waals surface area contributed by atoms with Gasteiger partial charge in [-0.05, 0) is 47.5 Å². The van der Waals surface area contributed by atoms with Gasteiger partial charge >= 0.3 is 5.97 Å². The van der Waals surface area contributed by atoms with Gasteiger partial charge in [-0.15, -0.1) is 0 Å². The zero-order valence-corrected chi connectivity index (χ0v) is 17.5. The summed E-state index contributed by atoms with van der Waals surface area (Å²) in [5, 5.41) is 14.9. The number of carbonyl (C=O) groups excluding carboxylic acids is 2. The minimum atomic E-state index is -0.718. The van der Waals surface area contributed by atoms with Crippen molar-refractivity contribution in [3.63, 3.8) is 0 Å². The Morgan fingerprint density at radius 3 is 2.45 bits per heavy atom. The summed E-state index contributed by atoms with van der Waals surface area (Å²) in [6.07, 6.45) is 4.25. The molecule has 9 heteroatoms. The maximum absolute atomic E-state index is 12.2. The number of para-hydroxylation sites is 1. The van der Waals surface area contributed by atoms with Gasteiger partial charge in [0.25, 0.3) is 11.6 Å². The summed E-state index contributed by atoms with van der Waals surface area (Å²) in [7, 11) is 1.57. The third kappa shape index (κ3) is 6.59. The van der Waals surface area contributed by atoms with Gasteiger partial charge in [-0.25, -0.2) is 10.2 Å². The average Bonchev–Trinajstić information content (AvgIpc) is 2.83. The molecule has 33 heavy (non-hydrogen) atoms. The molecule has 0 aliphatic rings. The van der Waals surface area contributed by atoms with Crippen LogP contribution in [0.25, 0.3) is 6.08 Å². The molecule has 0 aromatic heterocycles. The number of hydrogen-bond acceptors (Lipinski definition) is 7. The molecule has 0 atom stereocenters. The van der Waals surface area contributed by atoms with Gasteiger partial charge in [0.05, 0.1) is 18.2 Å². The Bertz CT molecular complexity index is 1220. The van der Waals surface area contributed by atoms with Crippen LogP contribution >= 0.6 is 0 Å². The van der Waals surface area contributed by atoms with E-state index in [9.17, 15) is 19.7 Å². The smallest absolute Gasteiger partial charge is 0.336 e. The summed E-state index contributed by atoms with van der Waals surface area (Å²) < 4.78 is 10.4. The van der Waals surface area contributed by atoms with Gasteiger partial charge in [0.15, 0.2) is 0 Å². The number of hydrogen-bond donors (Lipinski definition) is 1. The van der Waals surface area contributed by atoms with Crippen molar-refractivity contribution in [2.24, 2.45) is 5.10 Å². The van der Waals surface area contributed by atoms with Gasteiger partial charge in [0.2, 0.25) is 0 Å². The Kier molecular flexibility index (Phi) is 7.63. The maximum atomic E-state index is 12.2. The molecule has 9 nitrogen and oxygen atoms in total. The lowest BCUT2D eigenvalue weighted by molar-refractivity contribution is -0.385. The number of esters is 1. The first-order valence-electron chi connectivity index (χ1n) is 9.67. The van der Waals surface area contributed by atoms with E-state index in [0.717, 1.165) is 5.56 Å². The van der Waals surface area contributed by atoms with E-state index in [1.807, 2.05) is 0 Å². The summed E-state index contributed by atoms with van der Waals surface area (Å²) in [6, 6.07) is 19.2. The zero-order valence-electron chi connectivity index (χ0n) is 17.5. The van der Waals surface area contributed by atoms with Crippen LogP contribution in [0.1, 0.15) is 21.5 Å². The van der Waals surface area contributed by atoms with Crippen LogP contribution in [0.2, 0.25) is 0 Å². The first-order valence-corrected chi connectivity index (χ1v) is 9.67. The predicted octanol–water partition coefficient (Wildman–Crippen LogP) is 3.99. The molecule has 166 valence electrons. The second-order valence-corrected chi connectivity index (χ2v) is 6.57. The molecule has 0 saturated carbocycles. The van der Waals surface area contributed by atoms with Gasteiger partial charge in [0.1, 0.15) is 17.1 Å². The van der Waals surface area contributed by atoms with Crippen LogP contribution in [-0.2, 0) is 4.79 Å². The summed E-state index contributed by atoms with van der Waals surface area (Å²) in [5.74, 6) is -0.283. The Balaban J connectivity index is 1.59. The summed E-state index contributed by atoms with van der Waals surface area (Å²) >= 11 is 0. The Labute approximate surface area is 189 Å². The molecule has 1 amide bonds. The zero-order chi connectivity index (χ0) is 23.6. The van der Waals surface area contributed by atoms with Crippen molar-refractivity contribution >= 4 is 29.9 Å². The molecule has 0 unspecified atom stereocenters. The third-order valence-electron chi connectivity index (χ3n) is 4.33. The van der Waals surface area contributed by atoms with Crippen molar-refractivity contribution in [2.75, 3.05) is 7.11 Å². The van der Waals surface area contributed by atoms with Crippen LogP contribution in [0, 0.1) is 10.1 Å². The van der Waals surface area contributed by atoms with Gasteiger partial charge < -0.3 is 9.47 Å². The molecule has 3 aromatic carbocycles. The number of nitrogens with one attached hydrogen (secondary N) is 1. The molecule has 3 rings (SSSR count). The number of methoxy groups -OCH3 is 1. The largest absolute Gasteiger partial charge is 0.497 e. The van der Waals surface area contributed by atoms with E-state index in [-0.39, 0.29) is 17.0 Å². The monoisotopic (exact) mass is 445 g/mol. The molecular weight excluding hydrogens is 426 g/mol. The van der Waals surface area contributed by atoms with E-state index in [2.05, 4.69) is 10.5 Å². The number of nitro benzene ring substituents is 1. The number of amides is 1. The summed E-state index contributed by atoms with van der Waals surface area (Å²) in [4.78, 5) is 34.7. The number of nitrogens with zero attached hydrogens (tertiary/aromatic N) is 2. The van der Waals surface area contributed by atoms with Crippen molar-refractivity contribution in [3.8, 4) is 11.5 Å². The highest BCUT2D eigenvalue weighted by molar-refractivity contribution is 5.98. The van der Waals surface area contributed by atoms with E-state index >= 15 is 0 Å². The molecule has 0 aliphatic heterocycles. The van der Waals surface area contributed by atoms with Gasteiger partial charge in [-0.3, -0.25) is 14.9 Å². The lowest BCUT2D eigenvalue weighted by Gasteiger charge is -2.03. The van der Waals surface area contributed by atoms with E-state index < -0.39 is 16.8 Å². The quantitative estimate of drug-likeness (QED) is 0.140. The lowest BCUT2D eigenvalue weighted by atomic mass is 10.2. The van der Waals surface area contributed by atoms with Gasteiger partial charge in [-0.2, -0.15) is 5.10 Å². The number of ether oxygens (including phenoxy) is 2. The van der Waals surface area contributed by atoms with Crippen LogP contribution in [0.15, 0.2) is 84.0 Å². The van der Waals surface area contributed by atoms with E-state index in [0.29, 0.717) is 11.3 Å². The van der Waals surface area contributed by atoms with E-state index in [1.165, 1.54) is 36.6 Å². The topological polar surface area (TPSA) is 120 Å². The molecule has 0 spiro atoms. The van der Waals surface area contributed by atoms with Gasteiger partial charge in [-0.1, -0.05) is 36.4 Å². The second-order valence-electron chi connectivity index (χ2n) is 6.57. The first kappa shape index (κ1) is 22.9. The molecule has 0 saturated heterocycles. The fraction of sp³-hybridized carbons (Fsp3) is 0.0417. The Morgan fingerprint density at radius 2 is 1.73 bits per heavy atom. The molecule has 1 N–H and O–H groups in total. The average molecular weight is 445 g/mol. The van der Waals surface area contributed by atoms with Crippen molar-refractivity contribution < 1.29 is 24.0 Å². The highest BCUT2D eigenvalue weighted by atomic mass is 16.6. The molecule has 0 bridgehead atoms. The van der Waals surface area contributed by atoms with Crippen molar-refractivity contribution in [1.82, 2.24) is 5.43 Å². The van der Waals surface area contributed by atoms with Crippen LogP contribution in [0.3, 0.4) is 0 Å². The standard InChI is InChI=1S/C24H19N3O6/c1-32-19-12-9-17(10-13-19)11-14-23(28)33-20-6-4-5-18(15-20)16-25-26-24(29)21-7-2-3-8-22(21)27(30)31/h2-16H,1H3,(H,26,29)/b14-11-,25-16?. The highest BCUT2D eigenvalue weighted by Crippen LogP contribution is 2.17. The number of carbonyl (C=O) groups is 2. The minimum absolute atomic E-state index is 0.106. The lowest BCUT2D eigenvalue weighted by Crippen LogP contribution is -2.18. The molecule has 0 fully saturated rings. The van der Waals surface area contributed by atoms with Crippen molar-refractivity contribution in [3.05, 3.63) is 106 Å². The molecule has 0 heterocycles. The number of benzene rings is 3. The van der Waals surface area contributed by atoms with Crippen molar-refractivity contribution in [1.29, 1.82) is 0 Å². The Morgan fingerprint density at radius 1 is 0.970 bits per heavy atom. The molecule has 0 aliphatic carbocycles. The molecule has 3 aromatic rings. The molecule has 0 radical (unpaired) electrons. The fourth-order valence-electron chi connectivity index (χ4n) is 2.74. The van der Waals surface area contributed by atoms with Crippen LogP contribution in [0.5, 0.6) is 11.5 Å². The summed E-state index contributed by atoms with van der Waals surface area (Å²) in [5.41, 5.74) is 3.18. The van der Waals surface area contributed by atoms with Crippen LogP contribution in [0.4, 0.5) is 5.69 Å². The minimum Gasteiger partial charge on any atom is -0.497 e. The normalized spacial score (nSPS) is 10.8. The SMILES string of the molecule is COc1ccc(/C=C\C(=O)Oc2cccc(C=NNC(=O)c3ccccc3[N+](=O)[O-])c2)cc1. The molecular formula is C24H19N3O6. The van der Waals surface area contributed by atoms with Crippen LogP contribution in [-0.4, -0.2) is 30.1 Å². The Hall–Kier alpha value is -4.79. The van der Waals surface area contributed by atoms with E-state index in [4.69, 9.17) is 9.47 Å². The number of rotatable bonds is 8. The highest BCUT2D eigenvalue weighted by Gasteiger charge is 2.18. The fourth-order valence-corrected chi connectivity index (χ4v) is 2.74. The first-order chi connectivity index (χ1) is 16.0. The predicted molar refractivity (Wildman–Crippen MR) is 122 cm³/mol. The van der Waals surface area contributed by atoms with Crippen molar-refractivity contribution in [2.45, 2.75) is 0 Å². The second kappa shape index (κ2) is 11.0. The van der Waals surface area contributed by atoms with E-state index in [1.54, 1.807) is 61.7 Å². The number of hydrazone groups is 1. The van der Waals surface area contributed by atoms with Gasteiger partial charge in [0, 0.05) is 12.1 Å². The third-order valence-corrected chi connectivity index (χ3v) is 4.33. The van der Waals surface area contributed by atoms with Crippen LogP contribution < -0.4 is 14.9 Å².